The van der Waals surface area contributed by atoms with Crippen LogP contribution in [0.3, 0.4) is 0 Å². The summed E-state index contributed by atoms with van der Waals surface area (Å²) in [6.07, 6.45) is 2.18. The maximum Gasteiger partial charge on any atom is 0.292 e. The molecular weight excluding hydrogens is 220 g/mol. The molecule has 1 aromatic rings. The van der Waals surface area contributed by atoms with Crippen LogP contribution in [0.2, 0.25) is 0 Å². The van der Waals surface area contributed by atoms with E-state index in [-0.39, 0.29) is 11.4 Å². The van der Waals surface area contributed by atoms with E-state index < -0.39 is 20.8 Å². The van der Waals surface area contributed by atoms with E-state index in [9.17, 15) is 18.9 Å². The van der Waals surface area contributed by atoms with Gasteiger partial charge in [-0.1, -0.05) is 0 Å². The minimum atomic E-state index is -2.36. The molecule has 0 saturated heterocycles. The van der Waals surface area contributed by atoms with E-state index in [1.807, 2.05) is 0 Å². The number of nitrogens with zero attached hydrogens (tertiary/aromatic N) is 2. The molecule has 2 rings (SSSR count). The Bertz CT molecular complexity index is 444. The van der Waals surface area contributed by atoms with Crippen molar-refractivity contribution in [3.8, 4) is 0 Å². The molecule has 1 aromatic heterocycles. The number of rotatable bonds is 3. The van der Waals surface area contributed by atoms with Crippen LogP contribution >= 0.6 is 0 Å². The van der Waals surface area contributed by atoms with E-state index in [2.05, 4.69) is 4.98 Å². The van der Waals surface area contributed by atoms with Gasteiger partial charge < -0.3 is 4.55 Å². The molecule has 1 aliphatic carbocycles. The second-order valence-electron chi connectivity index (χ2n) is 3.36. The summed E-state index contributed by atoms with van der Waals surface area (Å²) in [7, 11) is 0. The maximum atomic E-state index is 11.0. The van der Waals surface area contributed by atoms with Crippen molar-refractivity contribution >= 4 is 16.8 Å². The number of nitro groups is 1. The standard InChI is InChI=1S/C8H8N2O4S/c11-10(12)6-2-1-5-9-7(6)8(3-4-8)15(13)14/h1-2,5H,3-4H2,(H,13,14)/p-1. The molecule has 1 aliphatic rings. The topological polar surface area (TPSA) is 96.2 Å². The van der Waals surface area contributed by atoms with Crippen molar-refractivity contribution in [3.63, 3.8) is 0 Å². The van der Waals surface area contributed by atoms with Crippen molar-refractivity contribution in [1.29, 1.82) is 0 Å². The van der Waals surface area contributed by atoms with Gasteiger partial charge in [-0.2, -0.15) is 0 Å². The molecule has 0 aromatic carbocycles. The van der Waals surface area contributed by atoms with Gasteiger partial charge >= 0.3 is 0 Å². The molecule has 0 spiro atoms. The fourth-order valence-corrected chi connectivity index (χ4v) is 2.24. The number of pyridine rings is 1. The van der Waals surface area contributed by atoms with Crippen LogP contribution in [0.15, 0.2) is 18.3 Å². The van der Waals surface area contributed by atoms with Crippen LogP contribution in [0.5, 0.6) is 0 Å². The third kappa shape index (κ3) is 1.53. The zero-order valence-corrected chi connectivity index (χ0v) is 8.40. The molecule has 0 bridgehead atoms. The van der Waals surface area contributed by atoms with Crippen molar-refractivity contribution in [1.82, 2.24) is 4.98 Å². The summed E-state index contributed by atoms with van der Waals surface area (Å²) in [6.45, 7) is 0. The Morgan fingerprint density at radius 2 is 2.20 bits per heavy atom. The lowest BCUT2D eigenvalue weighted by atomic mass is 10.2. The molecule has 1 unspecified atom stereocenters. The zero-order valence-electron chi connectivity index (χ0n) is 7.58. The highest BCUT2D eigenvalue weighted by Gasteiger charge is 2.51. The first-order valence-corrected chi connectivity index (χ1v) is 5.35. The van der Waals surface area contributed by atoms with Crippen LogP contribution in [-0.2, 0) is 15.8 Å². The summed E-state index contributed by atoms with van der Waals surface area (Å²) in [5.74, 6) is 0. The number of hydrogen-bond acceptors (Lipinski definition) is 5. The van der Waals surface area contributed by atoms with E-state index >= 15 is 0 Å². The average Bonchev–Trinajstić information content (AvgIpc) is 2.98. The van der Waals surface area contributed by atoms with Gasteiger partial charge in [0.05, 0.1) is 9.67 Å². The molecule has 0 N–H and O–H groups in total. The molecule has 0 amide bonds. The largest absolute Gasteiger partial charge is 0.772 e. The fraction of sp³-hybridized carbons (Fsp3) is 0.375. The van der Waals surface area contributed by atoms with Crippen LogP contribution in [-0.4, -0.2) is 18.7 Å². The minimum Gasteiger partial charge on any atom is -0.772 e. The molecule has 1 saturated carbocycles. The second kappa shape index (κ2) is 3.35. The summed E-state index contributed by atoms with van der Waals surface area (Å²) >= 11 is -2.36. The molecule has 0 aliphatic heterocycles. The molecular formula is C8H7N2O4S-. The van der Waals surface area contributed by atoms with Crippen LogP contribution in [0.25, 0.3) is 0 Å². The smallest absolute Gasteiger partial charge is 0.292 e. The predicted molar refractivity (Wildman–Crippen MR) is 50.7 cm³/mol. The van der Waals surface area contributed by atoms with E-state index in [1.165, 1.54) is 18.3 Å². The molecule has 1 atom stereocenters. The monoisotopic (exact) mass is 227 g/mol. The van der Waals surface area contributed by atoms with Crippen LogP contribution in [0.1, 0.15) is 18.5 Å². The summed E-state index contributed by atoms with van der Waals surface area (Å²) in [5.41, 5.74) is -0.164. The minimum absolute atomic E-state index is 0.0586. The number of hydrogen-bond donors (Lipinski definition) is 0. The van der Waals surface area contributed by atoms with Gasteiger partial charge in [-0.25, -0.2) is 0 Å². The SMILES string of the molecule is O=[N+]([O-])c1cccnc1C1(S(=O)[O-])CC1. The van der Waals surface area contributed by atoms with E-state index in [4.69, 9.17) is 0 Å². The maximum absolute atomic E-state index is 11.0. The predicted octanol–water partition coefficient (Wildman–Crippen LogP) is 0.858. The molecule has 15 heavy (non-hydrogen) atoms. The lowest BCUT2D eigenvalue weighted by Gasteiger charge is -2.17. The van der Waals surface area contributed by atoms with E-state index in [0.717, 1.165) is 0 Å². The van der Waals surface area contributed by atoms with Gasteiger partial charge in [0, 0.05) is 12.3 Å². The van der Waals surface area contributed by atoms with Gasteiger partial charge in [-0.05, 0) is 30.0 Å². The van der Waals surface area contributed by atoms with Crippen LogP contribution < -0.4 is 0 Å². The Labute approximate surface area is 87.8 Å². The summed E-state index contributed by atoms with van der Waals surface area (Å²) < 4.78 is 20.9. The van der Waals surface area contributed by atoms with E-state index in [1.54, 1.807) is 0 Å². The van der Waals surface area contributed by atoms with Crippen LogP contribution in [0.4, 0.5) is 5.69 Å². The van der Waals surface area contributed by atoms with Crippen LogP contribution in [0, 0.1) is 10.1 Å². The highest BCUT2D eigenvalue weighted by Crippen LogP contribution is 2.52. The van der Waals surface area contributed by atoms with Crippen molar-refractivity contribution in [3.05, 3.63) is 34.1 Å². The molecule has 7 heteroatoms. The summed E-state index contributed by atoms with van der Waals surface area (Å²) in [5, 5.41) is 10.7. The zero-order chi connectivity index (χ0) is 11.1. The van der Waals surface area contributed by atoms with Gasteiger partial charge in [0.15, 0.2) is 0 Å². The summed E-state index contributed by atoms with van der Waals surface area (Å²) in [4.78, 5) is 13.9. The lowest BCUT2D eigenvalue weighted by Crippen LogP contribution is -2.17. The van der Waals surface area contributed by atoms with Crippen molar-refractivity contribution < 1.29 is 13.7 Å². The molecule has 80 valence electrons. The van der Waals surface area contributed by atoms with Gasteiger partial charge in [-0.3, -0.25) is 19.3 Å². The normalized spacial score (nSPS) is 19.5. The Hall–Kier alpha value is -1.34. The quantitative estimate of drug-likeness (QED) is 0.433. The molecule has 0 radical (unpaired) electrons. The Morgan fingerprint density at radius 1 is 1.53 bits per heavy atom. The Balaban J connectivity index is 2.53. The van der Waals surface area contributed by atoms with Crippen molar-refractivity contribution in [2.24, 2.45) is 0 Å². The number of aromatic nitrogens is 1. The van der Waals surface area contributed by atoms with E-state index in [0.29, 0.717) is 12.8 Å². The van der Waals surface area contributed by atoms with Crippen molar-refractivity contribution in [2.45, 2.75) is 17.6 Å². The van der Waals surface area contributed by atoms with Gasteiger partial charge in [-0.15, -0.1) is 0 Å². The lowest BCUT2D eigenvalue weighted by molar-refractivity contribution is -0.386. The molecule has 6 nitrogen and oxygen atoms in total. The average molecular weight is 227 g/mol. The fourth-order valence-electron chi connectivity index (χ4n) is 1.49. The molecule has 1 heterocycles. The van der Waals surface area contributed by atoms with Gasteiger partial charge in [0.25, 0.3) is 5.69 Å². The Morgan fingerprint density at radius 3 is 2.67 bits per heavy atom. The Kier molecular flexibility index (Phi) is 2.28. The first-order chi connectivity index (χ1) is 7.08. The first-order valence-electron chi connectivity index (χ1n) is 4.27. The third-order valence-electron chi connectivity index (χ3n) is 2.44. The highest BCUT2D eigenvalue weighted by atomic mass is 32.2. The summed E-state index contributed by atoms with van der Waals surface area (Å²) in [6, 6.07) is 2.70. The van der Waals surface area contributed by atoms with Gasteiger partial charge in [0.2, 0.25) is 0 Å². The van der Waals surface area contributed by atoms with Gasteiger partial charge in [0.1, 0.15) is 5.69 Å². The second-order valence-corrected chi connectivity index (χ2v) is 4.61. The first kappa shape index (κ1) is 10.2. The highest BCUT2D eigenvalue weighted by molar-refractivity contribution is 7.80. The molecule has 1 fully saturated rings. The van der Waals surface area contributed by atoms with Crippen molar-refractivity contribution in [2.75, 3.05) is 0 Å². The third-order valence-corrected chi connectivity index (χ3v) is 3.68.